The highest BCUT2D eigenvalue weighted by Gasteiger charge is 2.46. The predicted molar refractivity (Wildman–Crippen MR) is 62.5 cm³/mol. The second kappa shape index (κ2) is 3.17. The Kier molecular flexibility index (Phi) is 2.06. The molecule has 4 rings (SSSR count). The first kappa shape index (κ1) is 9.10. The molecule has 2 atom stereocenters. The van der Waals surface area contributed by atoms with Crippen molar-refractivity contribution in [2.45, 2.75) is 10.5 Å². The van der Waals surface area contributed by atoms with E-state index >= 15 is 0 Å². The minimum Gasteiger partial charge on any atom is -0.294 e. The van der Waals surface area contributed by atoms with Crippen LogP contribution in [0.2, 0.25) is 0 Å². The second-order valence-electron chi connectivity index (χ2n) is 3.99. The third kappa shape index (κ3) is 1.22. The van der Waals surface area contributed by atoms with Crippen LogP contribution < -0.4 is 0 Å². The zero-order valence-electron chi connectivity index (χ0n) is 7.81. The molecule has 3 heteroatoms. The lowest BCUT2D eigenvalue weighted by Gasteiger charge is -2.36. The van der Waals surface area contributed by atoms with E-state index in [9.17, 15) is 4.79 Å². The van der Waals surface area contributed by atoms with E-state index in [2.05, 4.69) is 41.8 Å². The van der Waals surface area contributed by atoms with Crippen molar-refractivity contribution in [3.05, 3.63) is 24.3 Å². The summed E-state index contributed by atoms with van der Waals surface area (Å²) in [6, 6.07) is 0. The van der Waals surface area contributed by atoms with Gasteiger partial charge in [0, 0.05) is 23.3 Å². The van der Waals surface area contributed by atoms with E-state index in [1.807, 2.05) is 0 Å². The third-order valence-corrected chi connectivity index (χ3v) is 6.81. The van der Waals surface area contributed by atoms with Gasteiger partial charge in [0.1, 0.15) is 0 Å². The van der Waals surface area contributed by atoms with Gasteiger partial charge in [0.2, 0.25) is 0 Å². The van der Waals surface area contributed by atoms with Crippen molar-refractivity contribution < 1.29 is 4.79 Å². The molecule has 0 radical (unpaired) electrons. The van der Waals surface area contributed by atoms with Crippen molar-refractivity contribution in [1.82, 2.24) is 0 Å². The predicted octanol–water partition coefficient (Wildman–Crippen LogP) is 2.49. The van der Waals surface area contributed by atoms with Gasteiger partial charge in [-0.25, -0.2) is 0 Å². The molecule has 0 aromatic heterocycles. The van der Waals surface area contributed by atoms with Crippen molar-refractivity contribution in [2.75, 3.05) is 11.5 Å². The Morgan fingerprint density at radius 3 is 2.79 bits per heavy atom. The zero-order valence-corrected chi connectivity index (χ0v) is 9.44. The van der Waals surface area contributed by atoms with Gasteiger partial charge in [0.15, 0.2) is 5.78 Å². The molecule has 0 amide bonds. The summed E-state index contributed by atoms with van der Waals surface area (Å²) in [5.74, 6) is 3.41. The SMILES string of the molecule is O=C1C=C[C@@H]2C=C[C@H]1CC21SCCS1. The standard InChI is InChI=1S/C11H12OS2/c12-10-4-3-9-2-1-8(10)7-11(9)13-5-6-14-11/h1-4,8-9H,5-7H2/t8-,9-/m0/s1. The van der Waals surface area contributed by atoms with E-state index in [4.69, 9.17) is 0 Å². The van der Waals surface area contributed by atoms with E-state index in [0.717, 1.165) is 6.42 Å². The van der Waals surface area contributed by atoms with Crippen molar-refractivity contribution >= 4 is 29.3 Å². The molecule has 14 heavy (non-hydrogen) atoms. The number of carbonyl (C=O) groups excluding carboxylic acids is 1. The largest absolute Gasteiger partial charge is 0.294 e. The van der Waals surface area contributed by atoms with Gasteiger partial charge in [-0.3, -0.25) is 4.79 Å². The quantitative estimate of drug-likeness (QED) is 0.588. The summed E-state index contributed by atoms with van der Waals surface area (Å²) in [5.41, 5.74) is 0. The molecule has 1 saturated heterocycles. The molecule has 74 valence electrons. The fourth-order valence-electron chi connectivity index (χ4n) is 2.42. The number of thioether (sulfide) groups is 2. The topological polar surface area (TPSA) is 17.1 Å². The molecule has 1 fully saturated rings. The monoisotopic (exact) mass is 224 g/mol. The Balaban J connectivity index is 2.02. The first-order valence-electron chi connectivity index (χ1n) is 4.98. The third-order valence-electron chi connectivity index (χ3n) is 3.17. The van der Waals surface area contributed by atoms with Crippen LogP contribution in [0.4, 0.5) is 0 Å². The summed E-state index contributed by atoms with van der Waals surface area (Å²) in [5, 5.41) is 0. The molecule has 1 nitrogen and oxygen atoms in total. The van der Waals surface area contributed by atoms with Gasteiger partial charge in [-0.1, -0.05) is 18.2 Å². The zero-order chi connectivity index (χ0) is 9.60. The van der Waals surface area contributed by atoms with E-state index in [0.29, 0.717) is 15.8 Å². The highest BCUT2D eigenvalue weighted by molar-refractivity contribution is 8.21. The molecule has 0 saturated carbocycles. The van der Waals surface area contributed by atoms with Crippen molar-refractivity contribution in [2.24, 2.45) is 11.8 Å². The number of fused-ring (bicyclic) bond motifs is 1. The lowest BCUT2D eigenvalue weighted by Crippen LogP contribution is -2.32. The Morgan fingerprint density at radius 2 is 2.00 bits per heavy atom. The number of ketones is 1. The maximum atomic E-state index is 11.7. The minimum absolute atomic E-state index is 0.156. The normalized spacial score (nSPS) is 38.1. The summed E-state index contributed by atoms with van der Waals surface area (Å²) in [6.45, 7) is 0. The molecule has 1 heterocycles. The molecule has 0 N–H and O–H groups in total. The van der Waals surface area contributed by atoms with Crippen LogP contribution in [0, 0.1) is 11.8 Å². The van der Waals surface area contributed by atoms with Crippen LogP contribution in [0.5, 0.6) is 0 Å². The first-order chi connectivity index (χ1) is 6.80. The number of hydrogen-bond donors (Lipinski definition) is 0. The second-order valence-corrected chi connectivity index (χ2v) is 7.10. The number of rotatable bonds is 0. The van der Waals surface area contributed by atoms with Crippen LogP contribution in [-0.4, -0.2) is 21.4 Å². The van der Waals surface area contributed by atoms with E-state index in [1.165, 1.54) is 11.5 Å². The summed E-state index contributed by atoms with van der Waals surface area (Å²) in [6.07, 6.45) is 9.29. The highest BCUT2D eigenvalue weighted by atomic mass is 32.2. The van der Waals surface area contributed by atoms with Gasteiger partial charge >= 0.3 is 0 Å². The molecule has 0 aromatic carbocycles. The molecule has 1 aliphatic heterocycles. The first-order valence-corrected chi connectivity index (χ1v) is 6.96. The fourth-order valence-corrected chi connectivity index (χ4v) is 5.91. The Labute approximate surface area is 92.4 Å². The average Bonchev–Trinajstić information content (AvgIpc) is 2.52. The highest BCUT2D eigenvalue weighted by Crippen LogP contribution is 2.56. The number of allylic oxidation sites excluding steroid dienone is 4. The molecular weight excluding hydrogens is 212 g/mol. The maximum absolute atomic E-state index is 11.7. The smallest absolute Gasteiger partial charge is 0.162 e. The van der Waals surface area contributed by atoms with Crippen LogP contribution in [0.3, 0.4) is 0 Å². The summed E-state index contributed by atoms with van der Waals surface area (Å²) in [4.78, 5) is 11.7. The van der Waals surface area contributed by atoms with E-state index in [1.54, 1.807) is 6.08 Å². The van der Waals surface area contributed by atoms with Crippen molar-refractivity contribution in [3.8, 4) is 0 Å². The van der Waals surface area contributed by atoms with Gasteiger partial charge in [-0.05, 0) is 12.5 Å². The van der Waals surface area contributed by atoms with Gasteiger partial charge in [-0.2, -0.15) is 0 Å². The van der Waals surface area contributed by atoms with E-state index < -0.39 is 0 Å². The van der Waals surface area contributed by atoms with Gasteiger partial charge in [0.05, 0.1) is 4.08 Å². The molecule has 3 aliphatic carbocycles. The summed E-state index contributed by atoms with van der Waals surface area (Å²) < 4.78 is 0.294. The Hall–Kier alpha value is -0.150. The molecule has 4 aliphatic rings. The van der Waals surface area contributed by atoms with Crippen molar-refractivity contribution in [3.63, 3.8) is 0 Å². The molecular formula is C11H12OS2. The van der Waals surface area contributed by atoms with Gasteiger partial charge in [0.25, 0.3) is 0 Å². The summed E-state index contributed by atoms with van der Waals surface area (Å²) in [7, 11) is 0. The van der Waals surface area contributed by atoms with E-state index in [-0.39, 0.29) is 5.92 Å². The Bertz CT molecular complexity index is 326. The van der Waals surface area contributed by atoms with Crippen LogP contribution in [0.1, 0.15) is 6.42 Å². The van der Waals surface area contributed by atoms with Crippen LogP contribution in [-0.2, 0) is 4.79 Å². The number of carbonyl (C=O) groups is 1. The lowest BCUT2D eigenvalue weighted by atomic mass is 9.89. The van der Waals surface area contributed by atoms with Crippen molar-refractivity contribution in [1.29, 1.82) is 0 Å². The van der Waals surface area contributed by atoms with Crippen LogP contribution in [0.15, 0.2) is 24.3 Å². The lowest BCUT2D eigenvalue weighted by molar-refractivity contribution is -0.117. The maximum Gasteiger partial charge on any atom is 0.162 e. The van der Waals surface area contributed by atoms with Gasteiger partial charge in [-0.15, -0.1) is 23.5 Å². The fraction of sp³-hybridized carbons (Fsp3) is 0.545. The number of hydrogen-bond acceptors (Lipinski definition) is 3. The molecule has 0 unspecified atom stereocenters. The Morgan fingerprint density at radius 1 is 1.21 bits per heavy atom. The molecule has 1 spiro atoms. The molecule has 2 bridgehead atoms. The van der Waals surface area contributed by atoms with Gasteiger partial charge < -0.3 is 0 Å². The summed E-state index contributed by atoms with van der Waals surface area (Å²) >= 11 is 4.10. The minimum atomic E-state index is 0.156. The van der Waals surface area contributed by atoms with Crippen LogP contribution >= 0.6 is 23.5 Å². The molecule has 0 aromatic rings. The average molecular weight is 224 g/mol. The van der Waals surface area contributed by atoms with Crippen LogP contribution in [0.25, 0.3) is 0 Å².